The van der Waals surface area contributed by atoms with E-state index in [1.54, 1.807) is 37.3 Å². The maximum atomic E-state index is 12.2. The van der Waals surface area contributed by atoms with Crippen molar-refractivity contribution < 1.29 is 22.7 Å². The van der Waals surface area contributed by atoms with Gasteiger partial charge in [-0.15, -0.1) is 0 Å². The van der Waals surface area contributed by atoms with Crippen molar-refractivity contribution in [2.75, 3.05) is 6.26 Å². The molecule has 1 heterocycles. The average molecular weight is 372 g/mol. The van der Waals surface area contributed by atoms with E-state index in [0.717, 1.165) is 11.1 Å². The van der Waals surface area contributed by atoms with Gasteiger partial charge in [-0.3, -0.25) is 0 Å². The molecule has 26 heavy (non-hydrogen) atoms. The molecular formula is C20H20O5S. The Morgan fingerprint density at radius 2 is 1.85 bits per heavy atom. The molecule has 0 saturated heterocycles. The summed E-state index contributed by atoms with van der Waals surface area (Å²) in [5.74, 6) is 0.148. The Kier molecular flexibility index (Phi) is 4.87. The fourth-order valence-corrected chi connectivity index (χ4v) is 3.98. The minimum absolute atomic E-state index is 0.132. The molecule has 0 aliphatic carbocycles. The molecule has 0 bridgehead atoms. The summed E-state index contributed by atoms with van der Waals surface area (Å²) in [5, 5.41) is 0. The monoisotopic (exact) mass is 372 g/mol. The van der Waals surface area contributed by atoms with Gasteiger partial charge in [-0.05, 0) is 42.7 Å². The van der Waals surface area contributed by atoms with E-state index < -0.39 is 21.9 Å². The number of rotatable bonds is 5. The molecule has 0 fully saturated rings. The van der Waals surface area contributed by atoms with Gasteiger partial charge in [0, 0.05) is 17.9 Å². The lowest BCUT2D eigenvalue weighted by Gasteiger charge is -2.16. The van der Waals surface area contributed by atoms with Crippen molar-refractivity contribution in [3.05, 3.63) is 71.0 Å². The molecule has 0 N–H and O–H groups in total. The van der Waals surface area contributed by atoms with E-state index in [9.17, 15) is 13.2 Å². The summed E-state index contributed by atoms with van der Waals surface area (Å²) in [4.78, 5) is 12.5. The van der Waals surface area contributed by atoms with E-state index in [2.05, 4.69) is 0 Å². The summed E-state index contributed by atoms with van der Waals surface area (Å²) in [7, 11) is -3.32. The second kappa shape index (κ2) is 6.96. The van der Waals surface area contributed by atoms with Crippen molar-refractivity contribution in [3.8, 4) is 5.75 Å². The van der Waals surface area contributed by atoms with Gasteiger partial charge in [-0.25, -0.2) is 13.2 Å². The van der Waals surface area contributed by atoms with E-state index in [1.807, 2.05) is 25.1 Å². The molecule has 0 unspecified atom stereocenters. The van der Waals surface area contributed by atoms with Gasteiger partial charge in [0.25, 0.3) is 0 Å². The third kappa shape index (κ3) is 3.65. The quantitative estimate of drug-likeness (QED) is 0.751. The van der Waals surface area contributed by atoms with Crippen molar-refractivity contribution in [1.82, 2.24) is 0 Å². The number of carbonyl (C=O) groups excluding carboxylic acids is 1. The largest absolute Gasteiger partial charge is 0.450 e. The average Bonchev–Trinajstić information content (AvgIpc) is 2.95. The van der Waals surface area contributed by atoms with Crippen LogP contribution in [0.1, 0.15) is 29.7 Å². The van der Waals surface area contributed by atoms with E-state index in [1.165, 1.54) is 6.26 Å². The van der Waals surface area contributed by atoms with Gasteiger partial charge >= 0.3 is 5.97 Å². The predicted molar refractivity (Wildman–Crippen MR) is 97.7 cm³/mol. The molecular weight excluding hydrogens is 352 g/mol. The van der Waals surface area contributed by atoms with Gasteiger partial charge in [0.05, 0.1) is 4.90 Å². The summed E-state index contributed by atoms with van der Waals surface area (Å²) in [6.45, 7) is 3.67. The number of cyclic esters (lactones) is 1. The van der Waals surface area contributed by atoms with Crippen molar-refractivity contribution in [1.29, 1.82) is 0 Å². The summed E-state index contributed by atoms with van der Waals surface area (Å²) in [6, 6.07) is 12.4. The molecule has 0 aromatic heterocycles. The minimum Gasteiger partial charge on any atom is -0.450 e. The normalized spacial score (nSPS) is 17.0. The lowest BCUT2D eigenvalue weighted by atomic mass is 9.98. The van der Waals surface area contributed by atoms with Crippen molar-refractivity contribution >= 4 is 15.8 Å². The maximum Gasteiger partial charge on any atom is 0.375 e. The summed E-state index contributed by atoms with van der Waals surface area (Å²) in [5.41, 5.74) is 2.23. The van der Waals surface area contributed by atoms with Crippen LogP contribution in [0.5, 0.6) is 5.75 Å². The molecule has 2 aromatic carbocycles. The first-order chi connectivity index (χ1) is 12.3. The third-order valence-electron chi connectivity index (χ3n) is 4.23. The van der Waals surface area contributed by atoms with Gasteiger partial charge < -0.3 is 9.47 Å². The predicted octanol–water partition coefficient (Wildman–Crippen LogP) is 3.52. The van der Waals surface area contributed by atoms with Crippen LogP contribution in [0.3, 0.4) is 0 Å². The standard InChI is InChI=1S/C20H20O5S/c1-4-14-11-19(26(3,22)23)13(2)10-16(14)17-12-18(20(21)25-17)24-15-8-6-5-7-9-15/h5-12,17H,4H2,1-3H3/t17-/m1/s1. The number of ether oxygens (including phenoxy) is 2. The lowest BCUT2D eigenvalue weighted by molar-refractivity contribution is -0.141. The Morgan fingerprint density at radius 3 is 2.46 bits per heavy atom. The minimum atomic E-state index is -3.32. The number of benzene rings is 2. The second-order valence-corrected chi connectivity index (χ2v) is 8.20. The molecule has 136 valence electrons. The molecule has 5 nitrogen and oxygen atoms in total. The van der Waals surface area contributed by atoms with Crippen LogP contribution in [-0.2, 0) is 25.8 Å². The van der Waals surface area contributed by atoms with Gasteiger partial charge in [0.15, 0.2) is 9.84 Å². The van der Waals surface area contributed by atoms with E-state index in [0.29, 0.717) is 22.6 Å². The number of sulfone groups is 1. The fourth-order valence-electron chi connectivity index (χ4n) is 2.98. The fraction of sp³-hybridized carbons (Fsp3) is 0.250. The van der Waals surface area contributed by atoms with E-state index >= 15 is 0 Å². The van der Waals surface area contributed by atoms with Crippen molar-refractivity contribution in [3.63, 3.8) is 0 Å². The van der Waals surface area contributed by atoms with Crippen LogP contribution < -0.4 is 4.74 Å². The van der Waals surface area contributed by atoms with Crippen LogP contribution in [-0.4, -0.2) is 20.6 Å². The number of esters is 1. The highest BCUT2D eigenvalue weighted by Gasteiger charge is 2.31. The molecule has 0 radical (unpaired) electrons. The zero-order valence-corrected chi connectivity index (χ0v) is 15.7. The van der Waals surface area contributed by atoms with Crippen LogP contribution >= 0.6 is 0 Å². The number of hydrogen-bond donors (Lipinski definition) is 0. The van der Waals surface area contributed by atoms with Gasteiger partial charge in [0.1, 0.15) is 11.9 Å². The number of hydrogen-bond acceptors (Lipinski definition) is 5. The number of aryl methyl sites for hydroxylation is 2. The molecule has 0 spiro atoms. The molecule has 0 saturated carbocycles. The highest BCUT2D eigenvalue weighted by Crippen LogP contribution is 2.34. The maximum absolute atomic E-state index is 12.2. The Bertz CT molecular complexity index is 975. The third-order valence-corrected chi connectivity index (χ3v) is 5.47. The SMILES string of the molecule is CCc1cc(S(C)(=O)=O)c(C)cc1[C@H]1C=C(Oc2ccccc2)C(=O)O1. The van der Waals surface area contributed by atoms with Crippen LogP contribution in [0.4, 0.5) is 0 Å². The van der Waals surface area contributed by atoms with Gasteiger partial charge in [-0.2, -0.15) is 0 Å². The first kappa shape index (κ1) is 18.2. The van der Waals surface area contributed by atoms with Crippen LogP contribution in [0.2, 0.25) is 0 Å². The molecule has 3 rings (SSSR count). The second-order valence-electron chi connectivity index (χ2n) is 6.21. The zero-order valence-electron chi connectivity index (χ0n) is 14.9. The molecule has 1 aliphatic rings. The number of carbonyl (C=O) groups is 1. The smallest absolute Gasteiger partial charge is 0.375 e. The molecule has 1 aliphatic heterocycles. The molecule has 0 amide bonds. The van der Waals surface area contributed by atoms with Gasteiger partial charge in [0.2, 0.25) is 5.76 Å². The van der Waals surface area contributed by atoms with E-state index in [-0.39, 0.29) is 5.76 Å². The van der Waals surface area contributed by atoms with Crippen molar-refractivity contribution in [2.24, 2.45) is 0 Å². The first-order valence-electron chi connectivity index (χ1n) is 8.28. The Labute approximate surface area is 153 Å². The molecule has 2 aromatic rings. The van der Waals surface area contributed by atoms with Crippen LogP contribution in [0.15, 0.2) is 59.2 Å². The molecule has 6 heteroatoms. The summed E-state index contributed by atoms with van der Waals surface area (Å²) in [6.07, 6.45) is 2.84. The Morgan fingerprint density at radius 1 is 1.15 bits per heavy atom. The first-order valence-corrected chi connectivity index (χ1v) is 10.2. The zero-order chi connectivity index (χ0) is 18.9. The highest BCUT2D eigenvalue weighted by molar-refractivity contribution is 7.90. The van der Waals surface area contributed by atoms with Gasteiger partial charge in [-0.1, -0.05) is 31.2 Å². The van der Waals surface area contributed by atoms with Crippen LogP contribution in [0.25, 0.3) is 0 Å². The van der Waals surface area contributed by atoms with Crippen LogP contribution in [0, 0.1) is 6.92 Å². The van der Waals surface area contributed by atoms with Crippen molar-refractivity contribution in [2.45, 2.75) is 31.3 Å². The lowest BCUT2D eigenvalue weighted by Crippen LogP contribution is -2.09. The molecule has 1 atom stereocenters. The Hall–Kier alpha value is -2.60. The van der Waals surface area contributed by atoms with E-state index in [4.69, 9.17) is 9.47 Å². The summed E-state index contributed by atoms with van der Waals surface area (Å²) < 4.78 is 34.9. The highest BCUT2D eigenvalue weighted by atomic mass is 32.2. The number of para-hydroxylation sites is 1. The summed E-state index contributed by atoms with van der Waals surface area (Å²) >= 11 is 0. The topological polar surface area (TPSA) is 69.7 Å². The Balaban J connectivity index is 1.96.